The zero-order chi connectivity index (χ0) is 24.1. The van der Waals surface area contributed by atoms with Gasteiger partial charge < -0.3 is 4.90 Å². The molecule has 5 nitrogen and oxygen atoms in total. The summed E-state index contributed by atoms with van der Waals surface area (Å²) in [6.45, 7) is 4.88. The van der Waals surface area contributed by atoms with Gasteiger partial charge in [-0.2, -0.15) is 0 Å². The van der Waals surface area contributed by atoms with Gasteiger partial charge in [0.15, 0.2) is 11.0 Å². The molecule has 4 rings (SSSR count). The quantitative estimate of drug-likeness (QED) is 0.259. The van der Waals surface area contributed by atoms with Crippen molar-refractivity contribution in [2.45, 2.75) is 31.2 Å². The van der Waals surface area contributed by atoms with Gasteiger partial charge in [0.1, 0.15) is 0 Å². The Balaban J connectivity index is 1.60. The molecule has 0 unspecified atom stereocenters. The normalized spacial score (nSPS) is 10.9. The molecule has 1 heterocycles. The summed E-state index contributed by atoms with van der Waals surface area (Å²) in [6, 6.07) is 23.7. The molecule has 7 heteroatoms. The average molecular weight is 491 g/mol. The maximum absolute atomic E-state index is 12.5. The predicted octanol–water partition coefficient (Wildman–Crippen LogP) is 6.67. The van der Waals surface area contributed by atoms with Gasteiger partial charge in [-0.1, -0.05) is 66.7 Å². The molecule has 0 spiro atoms. The minimum absolute atomic E-state index is 0.0459. The Bertz CT molecular complexity index is 1290. The number of nitrogens with zero attached hydrogens (tertiary/aromatic N) is 4. The second-order valence-electron chi connectivity index (χ2n) is 8.17. The van der Waals surface area contributed by atoms with Crippen LogP contribution in [0.1, 0.15) is 34.8 Å². The van der Waals surface area contributed by atoms with Crippen molar-refractivity contribution in [3.63, 3.8) is 0 Å². The van der Waals surface area contributed by atoms with Crippen LogP contribution in [0.25, 0.3) is 17.1 Å². The molecule has 0 atom stereocenters. The fraction of sp³-hybridized carbons (Fsp3) is 0.222. The van der Waals surface area contributed by atoms with Gasteiger partial charge in [0.25, 0.3) is 5.91 Å². The lowest BCUT2D eigenvalue weighted by Crippen LogP contribution is -2.27. The summed E-state index contributed by atoms with van der Waals surface area (Å²) in [6.07, 6.45) is 0.939. The number of amides is 1. The summed E-state index contributed by atoms with van der Waals surface area (Å²) in [5, 5.41) is 10.4. The SMILES string of the molecule is CCCN(C)C(=O)c1ccc(CSc2nnc(-c3ccccc3Cl)n2-c2cccc(C)c2)cc1. The predicted molar refractivity (Wildman–Crippen MR) is 140 cm³/mol. The molecule has 0 aliphatic rings. The van der Waals surface area contributed by atoms with Crippen molar-refractivity contribution in [1.82, 2.24) is 19.7 Å². The highest BCUT2D eigenvalue weighted by molar-refractivity contribution is 7.98. The van der Waals surface area contributed by atoms with Crippen LogP contribution in [0.15, 0.2) is 78.0 Å². The van der Waals surface area contributed by atoms with Crippen molar-refractivity contribution >= 4 is 29.3 Å². The number of aromatic nitrogens is 3. The van der Waals surface area contributed by atoms with E-state index in [-0.39, 0.29) is 5.91 Å². The van der Waals surface area contributed by atoms with Crippen molar-refractivity contribution in [3.05, 3.63) is 94.5 Å². The third-order valence-corrected chi connectivity index (χ3v) is 6.81. The average Bonchev–Trinajstić information content (AvgIpc) is 3.27. The van der Waals surface area contributed by atoms with Gasteiger partial charge >= 0.3 is 0 Å². The lowest BCUT2D eigenvalue weighted by Gasteiger charge is -2.16. The van der Waals surface area contributed by atoms with Crippen LogP contribution in [-0.2, 0) is 5.75 Å². The summed E-state index contributed by atoms with van der Waals surface area (Å²) < 4.78 is 2.05. The van der Waals surface area contributed by atoms with Gasteiger partial charge in [-0.05, 0) is 60.9 Å². The van der Waals surface area contributed by atoms with Crippen LogP contribution < -0.4 is 0 Å². The van der Waals surface area contributed by atoms with Crippen molar-refractivity contribution in [3.8, 4) is 17.1 Å². The zero-order valence-corrected chi connectivity index (χ0v) is 21.1. The van der Waals surface area contributed by atoms with E-state index in [0.717, 1.165) is 40.5 Å². The van der Waals surface area contributed by atoms with Crippen LogP contribution in [0, 0.1) is 6.92 Å². The smallest absolute Gasteiger partial charge is 0.253 e. The molecular formula is C27H27ClN4OS. The number of aryl methyl sites for hydroxylation is 1. The first-order chi connectivity index (χ1) is 16.5. The van der Waals surface area contributed by atoms with Crippen molar-refractivity contribution < 1.29 is 4.79 Å². The highest BCUT2D eigenvalue weighted by Crippen LogP contribution is 2.33. The van der Waals surface area contributed by atoms with Gasteiger partial charge in [0, 0.05) is 36.2 Å². The van der Waals surface area contributed by atoms with Crippen LogP contribution in [0.4, 0.5) is 0 Å². The first-order valence-electron chi connectivity index (χ1n) is 11.2. The number of carbonyl (C=O) groups is 1. The Labute approximate surface area is 209 Å². The zero-order valence-electron chi connectivity index (χ0n) is 19.5. The largest absolute Gasteiger partial charge is 0.342 e. The molecule has 1 aromatic heterocycles. The van der Waals surface area contributed by atoms with Crippen LogP contribution in [0.2, 0.25) is 5.02 Å². The highest BCUT2D eigenvalue weighted by atomic mass is 35.5. The summed E-state index contributed by atoms with van der Waals surface area (Å²) in [5.74, 6) is 1.45. The Kier molecular flexibility index (Phi) is 7.70. The van der Waals surface area contributed by atoms with E-state index in [0.29, 0.717) is 22.2 Å². The molecule has 1 amide bonds. The molecule has 0 N–H and O–H groups in total. The van der Waals surface area contributed by atoms with E-state index in [1.54, 1.807) is 16.7 Å². The third-order valence-electron chi connectivity index (χ3n) is 5.48. The number of carbonyl (C=O) groups excluding carboxylic acids is 1. The molecule has 0 aliphatic carbocycles. The number of rotatable bonds is 8. The maximum atomic E-state index is 12.5. The molecule has 0 fully saturated rings. The van der Waals surface area contributed by atoms with E-state index in [4.69, 9.17) is 11.6 Å². The van der Waals surface area contributed by atoms with Crippen LogP contribution >= 0.6 is 23.4 Å². The lowest BCUT2D eigenvalue weighted by molar-refractivity contribution is 0.0795. The molecule has 3 aromatic carbocycles. The van der Waals surface area contributed by atoms with Crippen LogP contribution in [0.3, 0.4) is 0 Å². The molecule has 174 valence electrons. The van der Waals surface area contributed by atoms with Gasteiger partial charge in [-0.3, -0.25) is 9.36 Å². The summed E-state index contributed by atoms with van der Waals surface area (Å²) in [7, 11) is 1.84. The van der Waals surface area contributed by atoms with E-state index >= 15 is 0 Å². The van der Waals surface area contributed by atoms with Crippen molar-refractivity contribution in [2.75, 3.05) is 13.6 Å². The van der Waals surface area contributed by atoms with E-state index in [9.17, 15) is 4.79 Å². The fourth-order valence-corrected chi connectivity index (χ4v) is 4.86. The van der Waals surface area contributed by atoms with E-state index < -0.39 is 0 Å². The standard InChI is InChI=1S/C27H27ClN4OS/c1-4-16-31(3)26(33)21-14-12-20(13-15-21)18-34-27-30-29-25(23-10-5-6-11-24(23)28)32(27)22-9-7-8-19(2)17-22/h5-15,17H,4,16,18H2,1-3H3. The Hall–Kier alpha value is -3.09. The molecule has 0 saturated carbocycles. The van der Waals surface area contributed by atoms with Crippen molar-refractivity contribution in [2.24, 2.45) is 0 Å². The highest BCUT2D eigenvalue weighted by Gasteiger charge is 2.18. The van der Waals surface area contributed by atoms with Gasteiger partial charge in [-0.25, -0.2) is 0 Å². The van der Waals surface area contributed by atoms with E-state index in [2.05, 4.69) is 40.7 Å². The minimum atomic E-state index is 0.0459. The molecular weight excluding hydrogens is 464 g/mol. The van der Waals surface area contributed by atoms with E-state index in [1.807, 2.05) is 67.7 Å². The number of hydrogen-bond donors (Lipinski definition) is 0. The number of hydrogen-bond acceptors (Lipinski definition) is 4. The van der Waals surface area contributed by atoms with Crippen LogP contribution in [-0.4, -0.2) is 39.2 Å². The molecule has 4 aromatic rings. The number of halogens is 1. The molecule has 0 bridgehead atoms. The van der Waals surface area contributed by atoms with Gasteiger partial charge in [-0.15, -0.1) is 10.2 Å². The minimum Gasteiger partial charge on any atom is -0.342 e. The van der Waals surface area contributed by atoms with Crippen molar-refractivity contribution in [1.29, 1.82) is 0 Å². The summed E-state index contributed by atoms with van der Waals surface area (Å²) in [5.41, 5.74) is 4.79. The fourth-order valence-electron chi connectivity index (χ4n) is 3.73. The van der Waals surface area contributed by atoms with Gasteiger partial charge in [0.2, 0.25) is 0 Å². The molecule has 0 aliphatic heterocycles. The summed E-state index contributed by atoms with van der Waals surface area (Å²) >= 11 is 8.10. The first kappa shape index (κ1) is 24.0. The Morgan fingerprint density at radius 2 is 1.79 bits per heavy atom. The van der Waals surface area contributed by atoms with Crippen LogP contribution in [0.5, 0.6) is 0 Å². The monoisotopic (exact) mass is 490 g/mol. The van der Waals surface area contributed by atoms with E-state index in [1.165, 1.54) is 0 Å². The molecule has 0 radical (unpaired) electrons. The second kappa shape index (κ2) is 10.9. The molecule has 0 saturated heterocycles. The number of benzene rings is 3. The summed E-state index contributed by atoms with van der Waals surface area (Å²) in [4.78, 5) is 14.3. The molecule has 34 heavy (non-hydrogen) atoms. The van der Waals surface area contributed by atoms with Gasteiger partial charge in [0.05, 0.1) is 5.02 Å². The third kappa shape index (κ3) is 5.34. The first-order valence-corrected chi connectivity index (χ1v) is 12.6. The Morgan fingerprint density at radius 3 is 2.50 bits per heavy atom. The topological polar surface area (TPSA) is 51.0 Å². The maximum Gasteiger partial charge on any atom is 0.253 e. The second-order valence-corrected chi connectivity index (χ2v) is 9.52. The Morgan fingerprint density at radius 1 is 1.03 bits per heavy atom. The lowest BCUT2D eigenvalue weighted by atomic mass is 10.1. The number of thioether (sulfide) groups is 1.